The zero-order chi connectivity index (χ0) is 9.84. The van der Waals surface area contributed by atoms with Crippen LogP contribution in [0.1, 0.15) is 15.9 Å². The Balaban J connectivity index is 2.98. The van der Waals surface area contributed by atoms with Crippen LogP contribution in [0.5, 0.6) is 0 Å². The van der Waals surface area contributed by atoms with E-state index in [4.69, 9.17) is 23.2 Å². The van der Waals surface area contributed by atoms with Gasteiger partial charge in [0.1, 0.15) is 0 Å². The van der Waals surface area contributed by atoms with E-state index in [0.29, 0.717) is 16.1 Å². The Labute approximate surface area is 80.4 Å². The third-order valence-electron chi connectivity index (χ3n) is 1.58. The zero-order valence-electron chi connectivity index (χ0n) is 6.79. The predicted octanol–water partition coefficient (Wildman–Crippen LogP) is 0.829. The molecule has 0 unspecified atom stereocenters. The van der Waals surface area contributed by atoms with Crippen LogP contribution in [0.25, 0.3) is 0 Å². The summed E-state index contributed by atoms with van der Waals surface area (Å²) in [6.45, 7) is 0.206. The quantitative estimate of drug-likeness (QED) is 0.710. The average Bonchev–Trinajstić information content (AvgIpc) is 2.08. The molecular weight excluding hydrogens is 192 g/mol. The van der Waals surface area contributed by atoms with Crippen molar-refractivity contribution in [2.45, 2.75) is 6.61 Å². The molecule has 0 heterocycles. The SMILES string of the molecule is NOCc1ccc(C(N)=O)cc1Cl. The maximum absolute atomic E-state index is 10.7. The van der Waals surface area contributed by atoms with Crippen LogP contribution in [0.4, 0.5) is 0 Å². The van der Waals surface area contributed by atoms with Gasteiger partial charge >= 0.3 is 0 Å². The predicted molar refractivity (Wildman–Crippen MR) is 48.9 cm³/mol. The second kappa shape index (κ2) is 4.23. The Morgan fingerprint density at radius 2 is 2.23 bits per heavy atom. The number of amides is 1. The van der Waals surface area contributed by atoms with Crippen molar-refractivity contribution in [3.8, 4) is 0 Å². The molecule has 1 aromatic carbocycles. The molecule has 0 fully saturated rings. The second-order valence-corrected chi connectivity index (χ2v) is 2.89. The molecular formula is C8H9ClN2O2. The number of halogens is 1. The Bertz CT molecular complexity index is 328. The van der Waals surface area contributed by atoms with Gasteiger partial charge in [-0.25, -0.2) is 5.90 Å². The van der Waals surface area contributed by atoms with E-state index in [9.17, 15) is 4.79 Å². The highest BCUT2D eigenvalue weighted by Crippen LogP contribution is 2.17. The van der Waals surface area contributed by atoms with Crippen LogP contribution in [-0.4, -0.2) is 5.91 Å². The lowest BCUT2D eigenvalue weighted by Gasteiger charge is -2.03. The highest BCUT2D eigenvalue weighted by atomic mass is 35.5. The van der Waals surface area contributed by atoms with E-state index in [1.54, 1.807) is 12.1 Å². The second-order valence-electron chi connectivity index (χ2n) is 2.48. The van der Waals surface area contributed by atoms with E-state index >= 15 is 0 Å². The van der Waals surface area contributed by atoms with Crippen LogP contribution >= 0.6 is 11.6 Å². The number of rotatable bonds is 3. The van der Waals surface area contributed by atoms with Crippen LogP contribution in [0.2, 0.25) is 5.02 Å². The van der Waals surface area contributed by atoms with Gasteiger partial charge in [0, 0.05) is 10.6 Å². The molecule has 1 rings (SSSR count). The van der Waals surface area contributed by atoms with Crippen molar-refractivity contribution in [3.63, 3.8) is 0 Å². The lowest BCUT2D eigenvalue weighted by molar-refractivity contribution is 0.1000. The molecule has 0 aliphatic carbocycles. The summed E-state index contributed by atoms with van der Waals surface area (Å²) in [6.07, 6.45) is 0. The van der Waals surface area contributed by atoms with Crippen LogP contribution in [0, 0.1) is 0 Å². The number of primary amides is 1. The molecule has 0 saturated carbocycles. The standard InChI is InChI=1S/C8H9ClN2O2/c9-7-3-5(8(10)12)1-2-6(7)4-13-11/h1-3H,4,11H2,(H2,10,12). The van der Waals surface area contributed by atoms with Crippen molar-refractivity contribution in [2.75, 3.05) is 0 Å². The van der Waals surface area contributed by atoms with Gasteiger partial charge in [-0.05, 0) is 17.7 Å². The summed E-state index contributed by atoms with van der Waals surface area (Å²) in [7, 11) is 0. The Kier molecular flexibility index (Phi) is 3.25. The minimum absolute atomic E-state index is 0.206. The fourth-order valence-corrected chi connectivity index (χ4v) is 1.14. The molecule has 4 nitrogen and oxygen atoms in total. The Morgan fingerprint density at radius 1 is 1.54 bits per heavy atom. The van der Waals surface area contributed by atoms with Crippen LogP contribution in [0.3, 0.4) is 0 Å². The summed E-state index contributed by atoms with van der Waals surface area (Å²) in [5.74, 6) is 4.37. The fraction of sp³-hybridized carbons (Fsp3) is 0.125. The average molecular weight is 201 g/mol. The first-order valence-electron chi connectivity index (χ1n) is 3.55. The molecule has 70 valence electrons. The van der Waals surface area contributed by atoms with E-state index in [-0.39, 0.29) is 6.61 Å². The van der Waals surface area contributed by atoms with Crippen LogP contribution in [0.15, 0.2) is 18.2 Å². The number of hydrogen-bond donors (Lipinski definition) is 2. The van der Waals surface area contributed by atoms with Gasteiger partial charge in [-0.2, -0.15) is 0 Å². The van der Waals surface area contributed by atoms with Crippen molar-refractivity contribution in [1.82, 2.24) is 0 Å². The summed E-state index contributed by atoms with van der Waals surface area (Å²) >= 11 is 5.81. The molecule has 13 heavy (non-hydrogen) atoms. The lowest BCUT2D eigenvalue weighted by Crippen LogP contribution is -2.11. The molecule has 0 saturated heterocycles. The minimum atomic E-state index is -0.512. The van der Waals surface area contributed by atoms with E-state index in [2.05, 4.69) is 4.84 Å². The first kappa shape index (κ1) is 9.98. The van der Waals surface area contributed by atoms with Gasteiger partial charge < -0.3 is 5.73 Å². The maximum Gasteiger partial charge on any atom is 0.248 e. The van der Waals surface area contributed by atoms with Gasteiger partial charge in [-0.3, -0.25) is 9.63 Å². The smallest absolute Gasteiger partial charge is 0.248 e. The van der Waals surface area contributed by atoms with Gasteiger partial charge in [-0.15, -0.1) is 0 Å². The number of carbonyl (C=O) groups excluding carboxylic acids is 1. The molecule has 0 aliphatic heterocycles. The van der Waals surface area contributed by atoms with Gasteiger partial charge in [0.25, 0.3) is 0 Å². The normalized spacial score (nSPS) is 10.0. The monoisotopic (exact) mass is 200 g/mol. The molecule has 0 bridgehead atoms. The summed E-state index contributed by atoms with van der Waals surface area (Å²) in [6, 6.07) is 4.70. The number of hydrogen-bond acceptors (Lipinski definition) is 3. The van der Waals surface area contributed by atoms with Gasteiger partial charge in [0.2, 0.25) is 5.91 Å². The molecule has 0 radical (unpaired) electrons. The van der Waals surface area contributed by atoms with Crippen molar-refractivity contribution >= 4 is 17.5 Å². The first-order chi connectivity index (χ1) is 6.15. The summed E-state index contributed by atoms with van der Waals surface area (Å²) in [5.41, 5.74) is 6.14. The lowest BCUT2D eigenvalue weighted by atomic mass is 10.1. The fourth-order valence-electron chi connectivity index (χ4n) is 0.907. The van der Waals surface area contributed by atoms with Gasteiger partial charge in [-0.1, -0.05) is 17.7 Å². The molecule has 0 spiro atoms. The number of carbonyl (C=O) groups is 1. The van der Waals surface area contributed by atoms with Crippen molar-refractivity contribution in [3.05, 3.63) is 34.3 Å². The number of nitrogens with two attached hydrogens (primary N) is 2. The third-order valence-corrected chi connectivity index (χ3v) is 1.93. The van der Waals surface area contributed by atoms with Gasteiger partial charge in [0.05, 0.1) is 6.61 Å². The van der Waals surface area contributed by atoms with E-state index in [0.717, 1.165) is 0 Å². The highest BCUT2D eigenvalue weighted by Gasteiger charge is 2.04. The molecule has 0 aromatic heterocycles. The zero-order valence-corrected chi connectivity index (χ0v) is 7.54. The summed E-state index contributed by atoms with van der Waals surface area (Å²) < 4.78 is 0. The Hall–Kier alpha value is -1.10. The molecule has 1 aromatic rings. The van der Waals surface area contributed by atoms with E-state index in [1.165, 1.54) is 6.07 Å². The largest absolute Gasteiger partial charge is 0.366 e. The number of benzene rings is 1. The molecule has 0 atom stereocenters. The minimum Gasteiger partial charge on any atom is -0.366 e. The maximum atomic E-state index is 10.7. The molecule has 1 amide bonds. The molecule has 0 aliphatic rings. The molecule has 4 N–H and O–H groups in total. The first-order valence-corrected chi connectivity index (χ1v) is 3.93. The summed E-state index contributed by atoms with van der Waals surface area (Å²) in [5, 5.41) is 0.418. The topological polar surface area (TPSA) is 78.3 Å². The summed E-state index contributed by atoms with van der Waals surface area (Å²) in [4.78, 5) is 15.1. The van der Waals surface area contributed by atoms with Crippen molar-refractivity contribution in [2.24, 2.45) is 11.6 Å². The van der Waals surface area contributed by atoms with E-state index < -0.39 is 5.91 Å². The third kappa shape index (κ3) is 2.42. The highest BCUT2D eigenvalue weighted by molar-refractivity contribution is 6.31. The van der Waals surface area contributed by atoms with E-state index in [1.807, 2.05) is 0 Å². The van der Waals surface area contributed by atoms with Crippen LogP contribution < -0.4 is 11.6 Å². The van der Waals surface area contributed by atoms with Crippen molar-refractivity contribution in [1.29, 1.82) is 0 Å². The van der Waals surface area contributed by atoms with Crippen molar-refractivity contribution < 1.29 is 9.63 Å². The molecule has 5 heteroatoms. The van der Waals surface area contributed by atoms with Crippen LogP contribution in [-0.2, 0) is 11.4 Å². The Morgan fingerprint density at radius 3 is 2.69 bits per heavy atom. The van der Waals surface area contributed by atoms with Gasteiger partial charge in [0.15, 0.2) is 0 Å².